The van der Waals surface area contributed by atoms with Crippen molar-refractivity contribution < 1.29 is 19.1 Å². The van der Waals surface area contributed by atoms with Gasteiger partial charge in [-0.2, -0.15) is 0 Å². The second-order valence-corrected chi connectivity index (χ2v) is 6.81. The molecule has 1 heterocycles. The summed E-state index contributed by atoms with van der Waals surface area (Å²) >= 11 is 0. The van der Waals surface area contributed by atoms with E-state index in [0.29, 0.717) is 23.7 Å². The predicted molar refractivity (Wildman–Crippen MR) is 105 cm³/mol. The fraction of sp³-hybridized carbons (Fsp3) is 0.333. The van der Waals surface area contributed by atoms with Crippen molar-refractivity contribution >= 4 is 23.2 Å². The largest absolute Gasteiger partial charge is 0.497 e. The van der Waals surface area contributed by atoms with Gasteiger partial charge < -0.3 is 19.7 Å². The Morgan fingerprint density at radius 1 is 1.07 bits per heavy atom. The molecule has 1 aliphatic rings. The lowest BCUT2D eigenvalue weighted by Gasteiger charge is -2.20. The van der Waals surface area contributed by atoms with E-state index < -0.39 is 5.92 Å². The van der Waals surface area contributed by atoms with Crippen LogP contribution in [0.25, 0.3) is 0 Å². The zero-order valence-corrected chi connectivity index (χ0v) is 16.0. The molecule has 6 nitrogen and oxygen atoms in total. The second-order valence-electron chi connectivity index (χ2n) is 6.81. The van der Waals surface area contributed by atoms with Gasteiger partial charge in [-0.3, -0.25) is 9.59 Å². The van der Waals surface area contributed by atoms with E-state index in [1.807, 2.05) is 32.0 Å². The minimum Gasteiger partial charge on any atom is -0.497 e. The summed E-state index contributed by atoms with van der Waals surface area (Å²) in [6.07, 6.45) is 0.172. The minimum atomic E-state index is -0.412. The highest BCUT2D eigenvalue weighted by atomic mass is 16.5. The molecule has 1 N–H and O–H groups in total. The first kappa shape index (κ1) is 18.8. The van der Waals surface area contributed by atoms with Crippen LogP contribution in [0.4, 0.5) is 11.4 Å². The van der Waals surface area contributed by atoms with Crippen LogP contribution < -0.4 is 19.7 Å². The SMILES string of the molecule is COc1ccc(N2C[C@@H](C(=O)Nc3cc(C)cc(C)c3)CC2=O)c(OC)c1. The molecule has 6 heteroatoms. The summed E-state index contributed by atoms with van der Waals surface area (Å²) in [6.45, 7) is 4.29. The highest BCUT2D eigenvalue weighted by molar-refractivity contribution is 6.04. The van der Waals surface area contributed by atoms with Crippen molar-refractivity contribution in [3.8, 4) is 11.5 Å². The third-order valence-electron chi connectivity index (χ3n) is 4.66. The van der Waals surface area contributed by atoms with Gasteiger partial charge in [0.1, 0.15) is 11.5 Å². The number of aryl methyl sites for hydroxylation is 2. The molecule has 142 valence electrons. The smallest absolute Gasteiger partial charge is 0.229 e. The molecular weight excluding hydrogens is 344 g/mol. The summed E-state index contributed by atoms with van der Waals surface area (Å²) in [5.41, 5.74) is 3.56. The van der Waals surface area contributed by atoms with Crippen LogP contribution in [0, 0.1) is 19.8 Å². The first-order chi connectivity index (χ1) is 12.9. The Morgan fingerprint density at radius 2 is 1.78 bits per heavy atom. The molecule has 0 aliphatic carbocycles. The minimum absolute atomic E-state index is 0.0981. The van der Waals surface area contributed by atoms with Crippen LogP contribution in [0.2, 0.25) is 0 Å². The fourth-order valence-electron chi connectivity index (χ4n) is 3.42. The van der Waals surface area contributed by atoms with Gasteiger partial charge >= 0.3 is 0 Å². The summed E-state index contributed by atoms with van der Waals surface area (Å²) in [5.74, 6) is 0.525. The van der Waals surface area contributed by atoms with Crippen LogP contribution in [0.5, 0.6) is 11.5 Å². The standard InChI is InChI=1S/C21H24N2O4/c1-13-7-14(2)9-16(8-13)22-21(25)15-10-20(24)23(12-15)18-6-5-17(26-3)11-19(18)27-4/h5-9,11,15H,10,12H2,1-4H3,(H,22,25)/t15-/m0/s1. The van der Waals surface area contributed by atoms with Crippen molar-refractivity contribution in [1.29, 1.82) is 0 Å². The summed E-state index contributed by atoms with van der Waals surface area (Å²) < 4.78 is 10.6. The maximum Gasteiger partial charge on any atom is 0.229 e. The fourth-order valence-corrected chi connectivity index (χ4v) is 3.42. The van der Waals surface area contributed by atoms with E-state index in [2.05, 4.69) is 5.32 Å². The number of ether oxygens (including phenoxy) is 2. The van der Waals surface area contributed by atoms with Gasteiger partial charge in [-0.15, -0.1) is 0 Å². The van der Waals surface area contributed by atoms with E-state index in [0.717, 1.165) is 16.8 Å². The third kappa shape index (κ3) is 4.05. The van der Waals surface area contributed by atoms with Gasteiger partial charge in [0.25, 0.3) is 0 Å². The van der Waals surface area contributed by atoms with E-state index >= 15 is 0 Å². The van der Waals surface area contributed by atoms with Gasteiger partial charge in [-0.1, -0.05) is 6.07 Å². The lowest BCUT2D eigenvalue weighted by Crippen LogP contribution is -2.28. The van der Waals surface area contributed by atoms with E-state index in [-0.39, 0.29) is 18.2 Å². The normalized spacial score (nSPS) is 16.4. The van der Waals surface area contributed by atoms with Crippen molar-refractivity contribution in [2.75, 3.05) is 31.0 Å². The molecule has 27 heavy (non-hydrogen) atoms. The number of rotatable bonds is 5. The molecule has 0 aromatic heterocycles. The van der Waals surface area contributed by atoms with E-state index in [9.17, 15) is 9.59 Å². The first-order valence-corrected chi connectivity index (χ1v) is 8.83. The highest BCUT2D eigenvalue weighted by Gasteiger charge is 2.36. The Kier molecular flexibility index (Phi) is 5.35. The number of hydrogen-bond acceptors (Lipinski definition) is 4. The topological polar surface area (TPSA) is 67.9 Å². The van der Waals surface area contributed by atoms with Gasteiger partial charge in [0.05, 0.1) is 25.8 Å². The van der Waals surface area contributed by atoms with Crippen LogP contribution >= 0.6 is 0 Å². The van der Waals surface area contributed by atoms with Crippen LogP contribution in [-0.4, -0.2) is 32.6 Å². The van der Waals surface area contributed by atoms with Crippen molar-refractivity contribution in [2.24, 2.45) is 5.92 Å². The Morgan fingerprint density at radius 3 is 2.41 bits per heavy atom. The molecule has 0 saturated carbocycles. The van der Waals surface area contributed by atoms with Crippen LogP contribution in [0.3, 0.4) is 0 Å². The number of amides is 2. The number of anilines is 2. The van der Waals surface area contributed by atoms with Gasteiger partial charge in [-0.05, 0) is 49.2 Å². The molecule has 2 aromatic carbocycles. The monoisotopic (exact) mass is 368 g/mol. The molecule has 2 aromatic rings. The van der Waals surface area contributed by atoms with Crippen LogP contribution in [0.15, 0.2) is 36.4 Å². The number of carbonyl (C=O) groups excluding carboxylic acids is 2. The molecule has 0 radical (unpaired) electrons. The maximum absolute atomic E-state index is 12.7. The Hall–Kier alpha value is -3.02. The average molecular weight is 368 g/mol. The van der Waals surface area contributed by atoms with Crippen molar-refractivity contribution in [3.63, 3.8) is 0 Å². The lowest BCUT2D eigenvalue weighted by molar-refractivity contribution is -0.122. The molecule has 0 unspecified atom stereocenters. The first-order valence-electron chi connectivity index (χ1n) is 8.83. The van der Waals surface area contributed by atoms with E-state index in [1.165, 1.54) is 0 Å². The molecule has 1 fully saturated rings. The Labute approximate surface area is 159 Å². The zero-order valence-electron chi connectivity index (χ0n) is 16.0. The van der Waals surface area contributed by atoms with Gasteiger partial charge in [0, 0.05) is 24.7 Å². The number of benzene rings is 2. The molecule has 3 rings (SSSR count). The predicted octanol–water partition coefficient (Wildman–Crippen LogP) is 3.31. The van der Waals surface area contributed by atoms with Gasteiger partial charge in [0.15, 0.2) is 0 Å². The second kappa shape index (κ2) is 7.70. The number of hydrogen-bond donors (Lipinski definition) is 1. The van der Waals surface area contributed by atoms with E-state index in [4.69, 9.17) is 9.47 Å². The number of methoxy groups -OCH3 is 2. The number of nitrogens with zero attached hydrogens (tertiary/aromatic N) is 1. The molecule has 1 aliphatic heterocycles. The van der Waals surface area contributed by atoms with Crippen LogP contribution in [0.1, 0.15) is 17.5 Å². The summed E-state index contributed by atoms with van der Waals surface area (Å²) in [5, 5.41) is 2.94. The lowest BCUT2D eigenvalue weighted by atomic mass is 10.1. The van der Waals surface area contributed by atoms with Crippen molar-refractivity contribution in [1.82, 2.24) is 0 Å². The van der Waals surface area contributed by atoms with E-state index in [1.54, 1.807) is 37.3 Å². The van der Waals surface area contributed by atoms with Crippen LogP contribution in [-0.2, 0) is 9.59 Å². The number of carbonyl (C=O) groups is 2. The maximum atomic E-state index is 12.7. The van der Waals surface area contributed by atoms with Crippen molar-refractivity contribution in [3.05, 3.63) is 47.5 Å². The van der Waals surface area contributed by atoms with Gasteiger partial charge in [0.2, 0.25) is 11.8 Å². The van der Waals surface area contributed by atoms with Crippen molar-refractivity contribution in [2.45, 2.75) is 20.3 Å². The molecule has 0 spiro atoms. The summed E-state index contributed by atoms with van der Waals surface area (Å²) in [7, 11) is 3.12. The number of nitrogens with one attached hydrogen (secondary N) is 1. The molecule has 1 saturated heterocycles. The Bertz CT molecular complexity index is 858. The molecule has 0 bridgehead atoms. The molecule has 2 amide bonds. The highest BCUT2D eigenvalue weighted by Crippen LogP contribution is 2.36. The van der Waals surface area contributed by atoms with Gasteiger partial charge in [-0.25, -0.2) is 0 Å². The quantitative estimate of drug-likeness (QED) is 0.879. The molecular formula is C21H24N2O4. The third-order valence-corrected chi connectivity index (χ3v) is 4.66. The summed E-state index contributed by atoms with van der Waals surface area (Å²) in [4.78, 5) is 26.8. The average Bonchev–Trinajstić information content (AvgIpc) is 3.02. The summed E-state index contributed by atoms with van der Waals surface area (Å²) in [6, 6.07) is 11.2. The zero-order chi connectivity index (χ0) is 19.6. The Balaban J connectivity index is 1.76. The molecule has 1 atom stereocenters.